The minimum absolute atomic E-state index is 0.113. The highest BCUT2D eigenvalue weighted by Gasteiger charge is 2.08. The van der Waals surface area contributed by atoms with Crippen molar-refractivity contribution in [3.05, 3.63) is 47.3 Å². The number of nitrogens with zero attached hydrogens (tertiary/aromatic N) is 1. The van der Waals surface area contributed by atoms with Crippen LogP contribution in [-0.4, -0.2) is 17.6 Å². The lowest BCUT2D eigenvalue weighted by atomic mass is 10.1. The van der Waals surface area contributed by atoms with E-state index in [4.69, 9.17) is 4.52 Å². The summed E-state index contributed by atoms with van der Waals surface area (Å²) in [6.07, 6.45) is 2.55. The maximum atomic E-state index is 12.0. The lowest BCUT2D eigenvalue weighted by molar-refractivity contribution is 0.0950. The minimum Gasteiger partial charge on any atom is -0.385 e. The van der Waals surface area contributed by atoms with Crippen LogP contribution in [0.2, 0.25) is 0 Å². The number of amides is 1. The average Bonchev–Trinajstić information content (AvgIpc) is 2.96. The predicted molar refractivity (Wildman–Crippen MR) is 77.6 cm³/mol. The van der Waals surface area contributed by atoms with Crippen molar-refractivity contribution in [2.24, 2.45) is 0 Å². The Morgan fingerprint density at radius 2 is 2.20 bits per heavy atom. The second-order valence-electron chi connectivity index (χ2n) is 4.63. The van der Waals surface area contributed by atoms with Gasteiger partial charge in [0.25, 0.3) is 5.91 Å². The Morgan fingerprint density at radius 3 is 2.85 bits per heavy atom. The SMILES string of the molecule is CCCNc1ccc(C(=O)NCc2ccon2)cc1C. The lowest BCUT2D eigenvalue weighted by Gasteiger charge is -2.10. The zero-order valence-corrected chi connectivity index (χ0v) is 11.8. The van der Waals surface area contributed by atoms with Gasteiger partial charge in [-0.2, -0.15) is 0 Å². The highest BCUT2D eigenvalue weighted by atomic mass is 16.5. The normalized spacial score (nSPS) is 10.3. The molecule has 106 valence electrons. The number of nitrogens with one attached hydrogen (secondary N) is 2. The molecule has 0 saturated heterocycles. The van der Waals surface area contributed by atoms with Crippen molar-refractivity contribution in [1.82, 2.24) is 10.5 Å². The molecule has 2 aromatic rings. The number of rotatable bonds is 6. The number of carbonyl (C=O) groups excluding carboxylic acids is 1. The van der Waals surface area contributed by atoms with Crippen LogP contribution in [0.1, 0.15) is 35.0 Å². The van der Waals surface area contributed by atoms with Gasteiger partial charge in [-0.05, 0) is 37.1 Å². The molecular weight excluding hydrogens is 254 g/mol. The molecule has 1 heterocycles. The Hall–Kier alpha value is -2.30. The molecule has 1 aromatic carbocycles. The Morgan fingerprint density at radius 1 is 1.35 bits per heavy atom. The van der Waals surface area contributed by atoms with Crippen molar-refractivity contribution in [3.8, 4) is 0 Å². The molecule has 0 spiro atoms. The minimum atomic E-state index is -0.113. The predicted octanol–water partition coefficient (Wildman–Crippen LogP) is 2.73. The summed E-state index contributed by atoms with van der Waals surface area (Å²) in [6, 6.07) is 7.37. The van der Waals surface area contributed by atoms with Gasteiger partial charge < -0.3 is 15.2 Å². The maximum absolute atomic E-state index is 12.0. The molecule has 0 aliphatic carbocycles. The first-order valence-corrected chi connectivity index (χ1v) is 6.72. The molecule has 0 atom stereocenters. The third-order valence-electron chi connectivity index (χ3n) is 2.98. The molecule has 0 fully saturated rings. The number of benzene rings is 1. The number of anilines is 1. The van der Waals surface area contributed by atoms with E-state index in [1.165, 1.54) is 6.26 Å². The van der Waals surface area contributed by atoms with Crippen LogP contribution in [0.4, 0.5) is 5.69 Å². The van der Waals surface area contributed by atoms with Crippen molar-refractivity contribution in [1.29, 1.82) is 0 Å². The summed E-state index contributed by atoms with van der Waals surface area (Å²) in [6.45, 7) is 5.41. The van der Waals surface area contributed by atoms with E-state index in [1.807, 2.05) is 25.1 Å². The van der Waals surface area contributed by atoms with Crippen LogP contribution < -0.4 is 10.6 Å². The average molecular weight is 273 g/mol. The standard InChI is InChI=1S/C15H19N3O2/c1-3-7-16-14-5-4-12(9-11(14)2)15(19)17-10-13-6-8-20-18-13/h4-6,8-9,16H,3,7,10H2,1-2H3,(H,17,19). The molecule has 0 saturated carbocycles. The van der Waals surface area contributed by atoms with Gasteiger partial charge in [0, 0.05) is 23.9 Å². The first-order chi connectivity index (χ1) is 9.70. The summed E-state index contributed by atoms with van der Waals surface area (Å²) in [4.78, 5) is 12.0. The first-order valence-electron chi connectivity index (χ1n) is 6.72. The molecule has 1 aromatic heterocycles. The molecule has 20 heavy (non-hydrogen) atoms. The molecule has 0 aliphatic heterocycles. The molecule has 2 rings (SSSR count). The van der Waals surface area contributed by atoms with Crippen LogP contribution in [0, 0.1) is 6.92 Å². The Kier molecular flexibility index (Phi) is 4.76. The largest absolute Gasteiger partial charge is 0.385 e. The first kappa shape index (κ1) is 14.1. The summed E-state index contributed by atoms with van der Waals surface area (Å²) in [5.41, 5.74) is 3.48. The quantitative estimate of drug-likeness (QED) is 0.849. The van der Waals surface area contributed by atoms with Gasteiger partial charge in [-0.15, -0.1) is 0 Å². The van der Waals surface area contributed by atoms with E-state index in [1.54, 1.807) is 6.07 Å². The van der Waals surface area contributed by atoms with Crippen LogP contribution in [-0.2, 0) is 6.54 Å². The highest BCUT2D eigenvalue weighted by Crippen LogP contribution is 2.16. The van der Waals surface area contributed by atoms with Crippen LogP contribution in [0.15, 0.2) is 35.1 Å². The third-order valence-corrected chi connectivity index (χ3v) is 2.98. The van der Waals surface area contributed by atoms with Gasteiger partial charge in [0.2, 0.25) is 0 Å². The highest BCUT2D eigenvalue weighted by molar-refractivity contribution is 5.94. The Labute approximate surface area is 118 Å². The van der Waals surface area contributed by atoms with Crippen molar-refractivity contribution in [2.75, 3.05) is 11.9 Å². The van der Waals surface area contributed by atoms with Crippen LogP contribution in [0.25, 0.3) is 0 Å². The number of aromatic nitrogens is 1. The van der Waals surface area contributed by atoms with E-state index < -0.39 is 0 Å². The molecule has 0 radical (unpaired) electrons. The molecule has 0 unspecified atom stereocenters. The molecule has 5 heteroatoms. The van der Waals surface area contributed by atoms with Crippen molar-refractivity contribution < 1.29 is 9.32 Å². The van der Waals surface area contributed by atoms with Gasteiger partial charge in [-0.3, -0.25) is 4.79 Å². The fourth-order valence-corrected chi connectivity index (χ4v) is 1.86. The summed E-state index contributed by atoms with van der Waals surface area (Å²) in [7, 11) is 0. The van der Waals surface area contributed by atoms with E-state index in [0.717, 1.165) is 24.2 Å². The number of carbonyl (C=O) groups is 1. The molecule has 0 bridgehead atoms. The van der Waals surface area contributed by atoms with Gasteiger partial charge in [-0.25, -0.2) is 0 Å². The van der Waals surface area contributed by atoms with E-state index in [0.29, 0.717) is 17.8 Å². The van der Waals surface area contributed by atoms with Gasteiger partial charge in [-0.1, -0.05) is 12.1 Å². The lowest BCUT2D eigenvalue weighted by Crippen LogP contribution is -2.23. The molecule has 1 amide bonds. The Bertz CT molecular complexity index is 565. The van der Waals surface area contributed by atoms with Gasteiger partial charge >= 0.3 is 0 Å². The van der Waals surface area contributed by atoms with Crippen LogP contribution in [0.5, 0.6) is 0 Å². The summed E-state index contributed by atoms with van der Waals surface area (Å²) in [5.74, 6) is -0.113. The van der Waals surface area contributed by atoms with E-state index in [-0.39, 0.29) is 5.91 Å². The van der Waals surface area contributed by atoms with E-state index >= 15 is 0 Å². The van der Waals surface area contributed by atoms with E-state index in [9.17, 15) is 4.79 Å². The number of hydrogen-bond donors (Lipinski definition) is 2. The summed E-state index contributed by atoms with van der Waals surface area (Å²) >= 11 is 0. The van der Waals surface area contributed by atoms with Crippen LogP contribution in [0.3, 0.4) is 0 Å². The molecule has 0 aliphatic rings. The molecule has 2 N–H and O–H groups in total. The fraction of sp³-hybridized carbons (Fsp3) is 0.333. The topological polar surface area (TPSA) is 67.2 Å². The fourth-order valence-electron chi connectivity index (χ4n) is 1.86. The van der Waals surface area contributed by atoms with Gasteiger partial charge in [0.05, 0.1) is 6.54 Å². The Balaban J connectivity index is 1.97. The second kappa shape index (κ2) is 6.75. The zero-order chi connectivity index (χ0) is 14.4. The van der Waals surface area contributed by atoms with Gasteiger partial charge in [0.1, 0.15) is 12.0 Å². The maximum Gasteiger partial charge on any atom is 0.251 e. The third kappa shape index (κ3) is 3.60. The van der Waals surface area contributed by atoms with Crippen molar-refractivity contribution in [3.63, 3.8) is 0 Å². The summed E-state index contributed by atoms with van der Waals surface area (Å²) < 4.78 is 4.72. The molecule has 5 nitrogen and oxygen atoms in total. The van der Waals surface area contributed by atoms with Gasteiger partial charge in [0.15, 0.2) is 0 Å². The second-order valence-corrected chi connectivity index (χ2v) is 4.63. The van der Waals surface area contributed by atoms with Crippen molar-refractivity contribution in [2.45, 2.75) is 26.8 Å². The molecular formula is C15H19N3O2. The number of hydrogen-bond acceptors (Lipinski definition) is 4. The van der Waals surface area contributed by atoms with Crippen molar-refractivity contribution >= 4 is 11.6 Å². The monoisotopic (exact) mass is 273 g/mol. The number of aryl methyl sites for hydroxylation is 1. The summed E-state index contributed by atoms with van der Waals surface area (Å²) in [5, 5.41) is 9.89. The van der Waals surface area contributed by atoms with E-state index in [2.05, 4.69) is 22.7 Å². The van der Waals surface area contributed by atoms with Crippen LogP contribution >= 0.6 is 0 Å². The zero-order valence-electron chi connectivity index (χ0n) is 11.8. The smallest absolute Gasteiger partial charge is 0.251 e.